The van der Waals surface area contributed by atoms with Gasteiger partial charge in [0.2, 0.25) is 5.91 Å². The Labute approximate surface area is 120 Å². The molecule has 0 saturated carbocycles. The lowest BCUT2D eigenvalue weighted by Gasteiger charge is -2.20. The summed E-state index contributed by atoms with van der Waals surface area (Å²) in [6.45, 7) is 1.64. The van der Waals surface area contributed by atoms with Crippen molar-refractivity contribution in [2.45, 2.75) is 19.5 Å². The van der Waals surface area contributed by atoms with Gasteiger partial charge in [0.05, 0.1) is 13.1 Å². The van der Waals surface area contributed by atoms with Crippen LogP contribution in [-0.4, -0.2) is 47.5 Å². The molecule has 1 atom stereocenters. The van der Waals surface area contributed by atoms with Crippen molar-refractivity contribution < 1.29 is 19.5 Å². The molecule has 1 heterocycles. The Morgan fingerprint density at radius 2 is 2.15 bits per heavy atom. The smallest absolute Gasteiger partial charge is 0.321 e. The van der Waals surface area contributed by atoms with Crippen molar-refractivity contribution in [1.82, 2.24) is 15.5 Å². The Balaban J connectivity index is 2.31. The highest BCUT2D eigenvalue weighted by molar-refractivity contribution is 7.09. The molecule has 3 amide bonds. The molecule has 0 bridgehead atoms. The molecule has 0 aliphatic carbocycles. The molecule has 0 fully saturated rings. The first-order chi connectivity index (χ1) is 9.40. The van der Waals surface area contributed by atoms with E-state index in [1.807, 2.05) is 17.5 Å². The average Bonchev–Trinajstić information content (AvgIpc) is 2.88. The summed E-state index contributed by atoms with van der Waals surface area (Å²) >= 11 is 1.50. The minimum atomic E-state index is -1.03. The van der Waals surface area contributed by atoms with Crippen LogP contribution in [0.25, 0.3) is 0 Å². The number of nitrogens with one attached hydrogen (secondary N) is 2. The monoisotopic (exact) mass is 299 g/mol. The fourth-order valence-corrected chi connectivity index (χ4v) is 1.99. The number of aliphatic carboxylic acids is 1. The van der Waals surface area contributed by atoms with Gasteiger partial charge in [0.25, 0.3) is 0 Å². The van der Waals surface area contributed by atoms with Crippen LogP contribution in [0.3, 0.4) is 0 Å². The number of carbonyl (C=O) groups is 3. The molecular weight excluding hydrogens is 282 g/mol. The maximum atomic E-state index is 11.5. The zero-order chi connectivity index (χ0) is 15.1. The molecule has 110 valence electrons. The van der Waals surface area contributed by atoms with E-state index in [0.29, 0.717) is 6.54 Å². The number of hydrogen-bond donors (Lipinski definition) is 3. The van der Waals surface area contributed by atoms with Gasteiger partial charge in [0.1, 0.15) is 6.04 Å². The Bertz CT molecular complexity index is 475. The van der Waals surface area contributed by atoms with Crippen LogP contribution in [0.15, 0.2) is 17.5 Å². The van der Waals surface area contributed by atoms with Gasteiger partial charge < -0.3 is 10.4 Å². The Hall–Kier alpha value is -1.93. The topological polar surface area (TPSA) is 98.7 Å². The number of urea groups is 1. The summed E-state index contributed by atoms with van der Waals surface area (Å²) in [4.78, 5) is 36.0. The second kappa shape index (κ2) is 7.61. The first kappa shape index (κ1) is 16.1. The summed E-state index contributed by atoms with van der Waals surface area (Å²) < 4.78 is 0. The number of imide groups is 1. The maximum absolute atomic E-state index is 11.5. The van der Waals surface area contributed by atoms with Crippen molar-refractivity contribution >= 4 is 29.2 Å². The number of hydrogen-bond acceptors (Lipinski definition) is 5. The van der Waals surface area contributed by atoms with Crippen molar-refractivity contribution in [3.05, 3.63) is 22.4 Å². The third-order valence-corrected chi connectivity index (χ3v) is 3.54. The molecule has 8 heteroatoms. The van der Waals surface area contributed by atoms with Crippen molar-refractivity contribution in [3.8, 4) is 0 Å². The molecule has 3 N–H and O–H groups in total. The molecule has 1 unspecified atom stereocenters. The highest BCUT2D eigenvalue weighted by Crippen LogP contribution is 2.06. The summed E-state index contributed by atoms with van der Waals surface area (Å²) in [6.07, 6.45) is 0. The van der Waals surface area contributed by atoms with E-state index < -0.39 is 23.9 Å². The summed E-state index contributed by atoms with van der Waals surface area (Å²) in [5.41, 5.74) is 0. The van der Waals surface area contributed by atoms with Crippen LogP contribution in [0.1, 0.15) is 11.8 Å². The van der Waals surface area contributed by atoms with Gasteiger partial charge >= 0.3 is 12.0 Å². The summed E-state index contributed by atoms with van der Waals surface area (Å²) in [5.74, 6) is -1.58. The second-order valence-electron chi connectivity index (χ2n) is 4.24. The quantitative estimate of drug-likeness (QED) is 0.709. The van der Waals surface area contributed by atoms with Crippen molar-refractivity contribution in [2.24, 2.45) is 0 Å². The predicted octanol–water partition coefficient (Wildman–Crippen LogP) is 0.479. The Kier molecular flexibility index (Phi) is 6.13. The molecule has 20 heavy (non-hydrogen) atoms. The number of carboxylic acid groups (broad SMARTS) is 1. The molecule has 0 saturated heterocycles. The van der Waals surface area contributed by atoms with E-state index in [9.17, 15) is 14.4 Å². The van der Waals surface area contributed by atoms with E-state index in [2.05, 4.69) is 10.6 Å². The number of carboxylic acids is 1. The number of likely N-dealkylation sites (N-methyl/N-ethyl adjacent to an activating group) is 1. The number of amides is 3. The molecule has 1 rings (SSSR count). The van der Waals surface area contributed by atoms with Crippen LogP contribution >= 0.6 is 11.3 Å². The lowest BCUT2D eigenvalue weighted by Crippen LogP contribution is -2.46. The van der Waals surface area contributed by atoms with Crippen molar-refractivity contribution in [3.63, 3.8) is 0 Å². The number of carbonyl (C=O) groups excluding carboxylic acids is 2. The molecule has 0 aliphatic heterocycles. The fourth-order valence-electron chi connectivity index (χ4n) is 1.34. The van der Waals surface area contributed by atoms with E-state index in [0.717, 1.165) is 4.88 Å². The van der Waals surface area contributed by atoms with Gasteiger partial charge in [-0.3, -0.25) is 19.8 Å². The van der Waals surface area contributed by atoms with Gasteiger partial charge in [-0.25, -0.2) is 4.79 Å². The van der Waals surface area contributed by atoms with Crippen molar-refractivity contribution in [1.29, 1.82) is 0 Å². The molecule has 0 spiro atoms. The summed E-state index contributed by atoms with van der Waals surface area (Å²) in [6, 6.07) is 2.34. The summed E-state index contributed by atoms with van der Waals surface area (Å²) in [7, 11) is 1.50. The van der Waals surface area contributed by atoms with E-state index in [4.69, 9.17) is 5.11 Å². The normalized spacial score (nSPS) is 11.9. The van der Waals surface area contributed by atoms with Gasteiger partial charge in [0.15, 0.2) is 0 Å². The molecule has 1 aromatic rings. The number of thiophene rings is 1. The standard InChI is InChI=1S/C12H17N3O4S/c1-8(11(17)18)15(2)7-10(16)14-12(19)13-6-9-4-3-5-20-9/h3-5,8H,6-7H2,1-2H3,(H,17,18)(H2,13,14,16,19). The summed E-state index contributed by atoms with van der Waals surface area (Å²) in [5, 5.41) is 15.4. The highest BCUT2D eigenvalue weighted by atomic mass is 32.1. The number of nitrogens with zero attached hydrogens (tertiary/aromatic N) is 1. The molecular formula is C12H17N3O4S. The maximum Gasteiger partial charge on any atom is 0.321 e. The molecule has 0 radical (unpaired) electrons. The van der Waals surface area contributed by atoms with Crippen LogP contribution in [-0.2, 0) is 16.1 Å². The zero-order valence-electron chi connectivity index (χ0n) is 11.3. The van der Waals surface area contributed by atoms with Crippen LogP contribution in [0.5, 0.6) is 0 Å². The lowest BCUT2D eigenvalue weighted by molar-refractivity contribution is -0.142. The minimum Gasteiger partial charge on any atom is -0.480 e. The average molecular weight is 299 g/mol. The minimum absolute atomic E-state index is 0.167. The van der Waals surface area contributed by atoms with Crippen LogP contribution in [0.2, 0.25) is 0 Å². The van der Waals surface area contributed by atoms with E-state index in [1.54, 1.807) is 0 Å². The van der Waals surface area contributed by atoms with Crippen LogP contribution in [0, 0.1) is 0 Å². The van der Waals surface area contributed by atoms with Gasteiger partial charge in [0, 0.05) is 4.88 Å². The molecule has 1 aromatic heterocycles. The predicted molar refractivity (Wildman–Crippen MR) is 74.4 cm³/mol. The highest BCUT2D eigenvalue weighted by Gasteiger charge is 2.19. The SMILES string of the molecule is CC(C(=O)O)N(C)CC(=O)NC(=O)NCc1cccs1. The van der Waals surface area contributed by atoms with Crippen LogP contribution < -0.4 is 10.6 Å². The first-order valence-corrected chi connectivity index (χ1v) is 6.81. The molecule has 0 aliphatic rings. The van der Waals surface area contributed by atoms with E-state index >= 15 is 0 Å². The van der Waals surface area contributed by atoms with Gasteiger partial charge in [-0.15, -0.1) is 11.3 Å². The number of rotatable bonds is 6. The Morgan fingerprint density at radius 1 is 1.45 bits per heavy atom. The second-order valence-corrected chi connectivity index (χ2v) is 5.27. The van der Waals surface area contributed by atoms with Crippen molar-refractivity contribution in [2.75, 3.05) is 13.6 Å². The Morgan fingerprint density at radius 3 is 2.70 bits per heavy atom. The van der Waals surface area contributed by atoms with Gasteiger partial charge in [-0.05, 0) is 25.4 Å². The van der Waals surface area contributed by atoms with Gasteiger partial charge in [-0.1, -0.05) is 6.07 Å². The third-order valence-electron chi connectivity index (χ3n) is 2.67. The lowest BCUT2D eigenvalue weighted by atomic mass is 10.3. The fraction of sp³-hybridized carbons (Fsp3) is 0.417. The third kappa shape index (κ3) is 5.37. The largest absolute Gasteiger partial charge is 0.480 e. The molecule has 0 aromatic carbocycles. The van der Waals surface area contributed by atoms with Crippen LogP contribution in [0.4, 0.5) is 4.79 Å². The van der Waals surface area contributed by atoms with E-state index in [-0.39, 0.29) is 6.54 Å². The first-order valence-electron chi connectivity index (χ1n) is 5.93. The molecule has 7 nitrogen and oxygen atoms in total. The zero-order valence-corrected chi connectivity index (χ0v) is 12.1. The van der Waals surface area contributed by atoms with E-state index in [1.165, 1.54) is 30.2 Å². The van der Waals surface area contributed by atoms with Gasteiger partial charge in [-0.2, -0.15) is 0 Å².